The standard InChI is InChI=1S/C10H21N3O3/c1-7(2)3-8(5-11)4-10(15)13-16-6-9(12)14/h7-8H,3-6,11H2,1-2H3,(H2,12,14)(H,13,15). The van der Waals surface area contributed by atoms with Crippen molar-refractivity contribution < 1.29 is 14.4 Å². The summed E-state index contributed by atoms with van der Waals surface area (Å²) in [6.45, 7) is 4.29. The Bertz CT molecular complexity index is 231. The van der Waals surface area contributed by atoms with E-state index in [4.69, 9.17) is 11.5 Å². The average molecular weight is 231 g/mol. The van der Waals surface area contributed by atoms with Crippen LogP contribution in [0.1, 0.15) is 26.7 Å². The molecular weight excluding hydrogens is 210 g/mol. The van der Waals surface area contributed by atoms with E-state index in [0.717, 1.165) is 6.42 Å². The van der Waals surface area contributed by atoms with Crippen LogP contribution in [0.3, 0.4) is 0 Å². The Balaban J connectivity index is 3.78. The quantitative estimate of drug-likeness (QED) is 0.491. The fourth-order valence-corrected chi connectivity index (χ4v) is 1.42. The van der Waals surface area contributed by atoms with Crippen molar-refractivity contribution in [3.63, 3.8) is 0 Å². The molecule has 0 aromatic heterocycles. The van der Waals surface area contributed by atoms with E-state index in [1.807, 2.05) is 0 Å². The lowest BCUT2D eigenvalue weighted by atomic mass is 9.94. The van der Waals surface area contributed by atoms with Crippen LogP contribution < -0.4 is 16.9 Å². The van der Waals surface area contributed by atoms with Gasteiger partial charge in [-0.1, -0.05) is 13.8 Å². The first-order chi connectivity index (χ1) is 7.45. The highest BCUT2D eigenvalue weighted by molar-refractivity contribution is 5.77. The molecule has 0 aromatic carbocycles. The number of primary amides is 1. The molecule has 94 valence electrons. The highest BCUT2D eigenvalue weighted by Crippen LogP contribution is 2.13. The van der Waals surface area contributed by atoms with Crippen LogP contribution >= 0.6 is 0 Å². The molecule has 0 bridgehead atoms. The zero-order chi connectivity index (χ0) is 12.6. The third-order valence-electron chi connectivity index (χ3n) is 2.01. The van der Waals surface area contributed by atoms with Gasteiger partial charge in [-0.3, -0.25) is 14.4 Å². The van der Waals surface area contributed by atoms with Gasteiger partial charge in [0.25, 0.3) is 0 Å². The van der Waals surface area contributed by atoms with Crippen LogP contribution in [0, 0.1) is 11.8 Å². The van der Waals surface area contributed by atoms with Crippen molar-refractivity contribution >= 4 is 11.8 Å². The number of carbonyl (C=O) groups excluding carboxylic acids is 2. The second-order valence-corrected chi connectivity index (χ2v) is 4.22. The topological polar surface area (TPSA) is 107 Å². The molecule has 6 nitrogen and oxygen atoms in total. The molecule has 6 heteroatoms. The predicted octanol–water partition coefficient (Wildman–Crippen LogP) is -0.469. The van der Waals surface area contributed by atoms with Crippen molar-refractivity contribution in [3.05, 3.63) is 0 Å². The maximum absolute atomic E-state index is 11.3. The van der Waals surface area contributed by atoms with E-state index in [0.29, 0.717) is 18.9 Å². The molecule has 0 heterocycles. The van der Waals surface area contributed by atoms with Gasteiger partial charge >= 0.3 is 0 Å². The first-order valence-electron chi connectivity index (χ1n) is 5.34. The van der Waals surface area contributed by atoms with E-state index < -0.39 is 5.91 Å². The maximum Gasteiger partial charge on any atom is 0.246 e. The summed E-state index contributed by atoms with van der Waals surface area (Å²) < 4.78 is 0. The first-order valence-corrected chi connectivity index (χ1v) is 5.34. The summed E-state index contributed by atoms with van der Waals surface area (Å²) in [7, 11) is 0. The molecule has 1 unspecified atom stereocenters. The Morgan fingerprint density at radius 3 is 2.44 bits per heavy atom. The van der Waals surface area contributed by atoms with Gasteiger partial charge in [-0.25, -0.2) is 5.48 Å². The highest BCUT2D eigenvalue weighted by atomic mass is 16.7. The molecule has 0 aliphatic rings. The van der Waals surface area contributed by atoms with E-state index in [1.165, 1.54) is 0 Å². The molecule has 2 amide bonds. The third kappa shape index (κ3) is 8.19. The van der Waals surface area contributed by atoms with Gasteiger partial charge in [-0.2, -0.15) is 0 Å². The van der Waals surface area contributed by atoms with Crippen molar-refractivity contribution in [2.45, 2.75) is 26.7 Å². The first kappa shape index (κ1) is 14.9. The maximum atomic E-state index is 11.3. The number of nitrogens with two attached hydrogens (primary N) is 2. The molecule has 0 spiro atoms. The largest absolute Gasteiger partial charge is 0.368 e. The monoisotopic (exact) mass is 231 g/mol. The summed E-state index contributed by atoms with van der Waals surface area (Å²) in [5.74, 6) is -0.278. The number of hydrogen-bond acceptors (Lipinski definition) is 4. The van der Waals surface area contributed by atoms with Crippen molar-refractivity contribution in [1.29, 1.82) is 0 Å². The molecule has 0 aromatic rings. The van der Waals surface area contributed by atoms with E-state index in [-0.39, 0.29) is 18.4 Å². The van der Waals surface area contributed by atoms with Crippen molar-refractivity contribution in [3.8, 4) is 0 Å². The molecule has 0 saturated heterocycles. The minimum absolute atomic E-state index is 0.136. The number of rotatable bonds is 8. The fourth-order valence-electron chi connectivity index (χ4n) is 1.42. The van der Waals surface area contributed by atoms with E-state index in [2.05, 4.69) is 24.2 Å². The lowest BCUT2D eigenvalue weighted by molar-refractivity contribution is -0.138. The third-order valence-corrected chi connectivity index (χ3v) is 2.01. The number of amides is 2. The fraction of sp³-hybridized carbons (Fsp3) is 0.800. The molecule has 16 heavy (non-hydrogen) atoms. The van der Waals surface area contributed by atoms with Crippen molar-refractivity contribution in [2.24, 2.45) is 23.3 Å². The molecule has 0 aliphatic heterocycles. The Hall–Kier alpha value is -1.14. The predicted molar refractivity (Wildman–Crippen MR) is 59.9 cm³/mol. The van der Waals surface area contributed by atoms with Crippen LogP contribution in [-0.4, -0.2) is 25.0 Å². The number of hydrogen-bond donors (Lipinski definition) is 3. The Kier molecular flexibility index (Phi) is 7.49. The summed E-state index contributed by atoms with van der Waals surface area (Å²) in [6.07, 6.45) is 1.19. The van der Waals surface area contributed by atoms with Gasteiger partial charge in [0.05, 0.1) is 0 Å². The summed E-state index contributed by atoms with van der Waals surface area (Å²) >= 11 is 0. The molecule has 5 N–H and O–H groups in total. The molecular formula is C10H21N3O3. The lowest BCUT2D eigenvalue weighted by Crippen LogP contribution is -2.32. The highest BCUT2D eigenvalue weighted by Gasteiger charge is 2.14. The molecule has 0 aliphatic carbocycles. The zero-order valence-corrected chi connectivity index (χ0v) is 9.86. The smallest absolute Gasteiger partial charge is 0.246 e. The van der Waals surface area contributed by atoms with Crippen molar-refractivity contribution in [1.82, 2.24) is 5.48 Å². The minimum Gasteiger partial charge on any atom is -0.368 e. The molecule has 0 radical (unpaired) electrons. The number of nitrogens with one attached hydrogen (secondary N) is 1. The molecule has 1 atom stereocenters. The summed E-state index contributed by atoms with van der Waals surface area (Å²) in [6, 6.07) is 0. The van der Waals surface area contributed by atoms with Gasteiger partial charge < -0.3 is 11.5 Å². The van der Waals surface area contributed by atoms with E-state index in [1.54, 1.807) is 0 Å². The molecule has 0 rings (SSSR count). The normalized spacial score (nSPS) is 12.5. The van der Waals surface area contributed by atoms with Gasteiger partial charge in [-0.05, 0) is 24.8 Å². The Morgan fingerprint density at radius 1 is 1.38 bits per heavy atom. The van der Waals surface area contributed by atoms with E-state index >= 15 is 0 Å². The lowest BCUT2D eigenvalue weighted by Gasteiger charge is -2.16. The number of carbonyl (C=O) groups is 2. The second kappa shape index (κ2) is 8.06. The molecule has 0 saturated carbocycles. The zero-order valence-electron chi connectivity index (χ0n) is 9.86. The SMILES string of the molecule is CC(C)CC(CN)CC(=O)NOCC(N)=O. The van der Waals surface area contributed by atoms with Gasteiger partial charge in [0.15, 0.2) is 6.61 Å². The van der Waals surface area contributed by atoms with Crippen LogP contribution in [0.4, 0.5) is 0 Å². The van der Waals surface area contributed by atoms with Crippen LogP contribution in [0.5, 0.6) is 0 Å². The molecule has 0 fully saturated rings. The minimum atomic E-state index is -0.627. The summed E-state index contributed by atoms with van der Waals surface area (Å²) in [5.41, 5.74) is 12.5. The summed E-state index contributed by atoms with van der Waals surface area (Å²) in [4.78, 5) is 26.3. The number of hydroxylamine groups is 1. The van der Waals surface area contributed by atoms with Crippen LogP contribution in [0.2, 0.25) is 0 Å². The second-order valence-electron chi connectivity index (χ2n) is 4.22. The summed E-state index contributed by atoms with van der Waals surface area (Å²) in [5, 5.41) is 0. The Labute approximate surface area is 95.6 Å². The van der Waals surface area contributed by atoms with Gasteiger partial charge in [0, 0.05) is 6.42 Å². The Morgan fingerprint density at radius 2 is 2.00 bits per heavy atom. The van der Waals surface area contributed by atoms with Crippen LogP contribution in [-0.2, 0) is 14.4 Å². The van der Waals surface area contributed by atoms with Gasteiger partial charge in [0.2, 0.25) is 11.8 Å². The van der Waals surface area contributed by atoms with Crippen LogP contribution in [0.15, 0.2) is 0 Å². The van der Waals surface area contributed by atoms with Gasteiger partial charge in [0.1, 0.15) is 0 Å². The average Bonchev–Trinajstić information content (AvgIpc) is 2.15. The van der Waals surface area contributed by atoms with Crippen LogP contribution in [0.25, 0.3) is 0 Å². The van der Waals surface area contributed by atoms with E-state index in [9.17, 15) is 9.59 Å². The van der Waals surface area contributed by atoms with Gasteiger partial charge in [-0.15, -0.1) is 0 Å². The van der Waals surface area contributed by atoms with Crippen molar-refractivity contribution in [2.75, 3.05) is 13.2 Å².